The van der Waals surface area contributed by atoms with E-state index >= 15 is 0 Å². The minimum Gasteiger partial charge on any atom is -0.496 e. The minimum atomic E-state index is 0.178. The smallest absolute Gasteiger partial charge is 0.224 e. The lowest BCUT2D eigenvalue weighted by Gasteiger charge is -2.22. The minimum absolute atomic E-state index is 0.178. The molecule has 1 aromatic carbocycles. The van der Waals surface area contributed by atoms with Gasteiger partial charge in [0, 0.05) is 36.7 Å². The Morgan fingerprint density at radius 3 is 2.81 bits per heavy atom. The largest absolute Gasteiger partial charge is 0.496 e. The van der Waals surface area contributed by atoms with E-state index in [4.69, 9.17) is 4.74 Å². The van der Waals surface area contributed by atoms with Crippen molar-refractivity contribution in [2.24, 2.45) is 0 Å². The van der Waals surface area contributed by atoms with E-state index in [1.54, 1.807) is 7.11 Å². The second-order valence-electron chi connectivity index (χ2n) is 6.31. The Hall–Kier alpha value is -1.55. The molecule has 0 aromatic heterocycles. The van der Waals surface area contributed by atoms with Crippen LogP contribution in [0.15, 0.2) is 18.2 Å². The second kappa shape index (κ2) is 5.68. The number of amides is 1. The molecule has 0 spiro atoms. The number of likely N-dealkylation sites (tertiary alicyclic amines) is 1. The van der Waals surface area contributed by atoms with E-state index in [0.717, 1.165) is 17.9 Å². The number of hydrogen-bond acceptors (Lipinski definition) is 3. The fraction of sp³-hybridized carbons (Fsp3) is 0.588. The number of nitrogens with one attached hydrogen (secondary N) is 1. The summed E-state index contributed by atoms with van der Waals surface area (Å²) >= 11 is 0. The van der Waals surface area contributed by atoms with Gasteiger partial charge in [-0.05, 0) is 32.8 Å². The van der Waals surface area contributed by atoms with Crippen LogP contribution in [-0.2, 0) is 4.79 Å². The Kier molecular flexibility index (Phi) is 3.89. The number of carbonyl (C=O) groups is 1. The van der Waals surface area contributed by atoms with Gasteiger partial charge in [-0.15, -0.1) is 0 Å². The predicted molar refractivity (Wildman–Crippen MR) is 82.4 cm³/mol. The normalized spacial score (nSPS) is 23.5. The van der Waals surface area contributed by atoms with E-state index in [-0.39, 0.29) is 12.1 Å². The number of aryl methyl sites for hydroxylation is 1. The first-order valence-corrected chi connectivity index (χ1v) is 7.78. The average molecular weight is 288 g/mol. The van der Waals surface area contributed by atoms with Crippen molar-refractivity contribution in [3.05, 3.63) is 29.3 Å². The molecular formula is C17H24N2O2. The maximum absolute atomic E-state index is 12.0. The molecule has 1 heterocycles. The molecule has 2 aliphatic rings. The van der Waals surface area contributed by atoms with E-state index in [0.29, 0.717) is 18.4 Å². The maximum Gasteiger partial charge on any atom is 0.224 e. The second-order valence-corrected chi connectivity index (χ2v) is 6.31. The Balaban J connectivity index is 1.67. The van der Waals surface area contributed by atoms with Gasteiger partial charge in [0.25, 0.3) is 0 Å². The van der Waals surface area contributed by atoms with Crippen molar-refractivity contribution in [1.29, 1.82) is 0 Å². The first-order chi connectivity index (χ1) is 10.1. The van der Waals surface area contributed by atoms with Gasteiger partial charge in [-0.3, -0.25) is 4.79 Å². The summed E-state index contributed by atoms with van der Waals surface area (Å²) < 4.78 is 5.46. The van der Waals surface area contributed by atoms with Gasteiger partial charge in [0.05, 0.1) is 7.11 Å². The van der Waals surface area contributed by atoms with E-state index in [2.05, 4.69) is 36.2 Å². The van der Waals surface area contributed by atoms with Gasteiger partial charge in [-0.1, -0.05) is 17.7 Å². The average Bonchev–Trinajstić information content (AvgIpc) is 3.23. The summed E-state index contributed by atoms with van der Waals surface area (Å²) in [5.41, 5.74) is 2.39. The summed E-state index contributed by atoms with van der Waals surface area (Å²) in [6, 6.07) is 7.18. The lowest BCUT2D eigenvalue weighted by Crippen LogP contribution is -2.35. The molecule has 0 radical (unpaired) electrons. The SMILES string of the molecule is COc1ccc(C)cc1[C@H](C)N[C@@H]1CC(=O)N(C2CC2)C1. The van der Waals surface area contributed by atoms with Gasteiger partial charge in [0.2, 0.25) is 5.91 Å². The van der Waals surface area contributed by atoms with Gasteiger partial charge in [-0.25, -0.2) is 0 Å². The van der Waals surface area contributed by atoms with Crippen LogP contribution in [-0.4, -0.2) is 36.5 Å². The molecule has 1 aliphatic carbocycles. The van der Waals surface area contributed by atoms with Crippen LogP contribution in [0.2, 0.25) is 0 Å². The van der Waals surface area contributed by atoms with E-state index in [1.165, 1.54) is 18.4 Å². The van der Waals surface area contributed by atoms with Crippen LogP contribution in [0, 0.1) is 6.92 Å². The quantitative estimate of drug-likeness (QED) is 0.904. The molecule has 1 aliphatic heterocycles. The van der Waals surface area contributed by atoms with Gasteiger partial charge in [0.15, 0.2) is 0 Å². The molecule has 114 valence electrons. The third-order valence-electron chi connectivity index (χ3n) is 4.48. The molecule has 1 saturated heterocycles. The topological polar surface area (TPSA) is 41.6 Å². The van der Waals surface area contributed by atoms with Crippen LogP contribution < -0.4 is 10.1 Å². The third kappa shape index (κ3) is 3.05. The van der Waals surface area contributed by atoms with Crippen molar-refractivity contribution < 1.29 is 9.53 Å². The Morgan fingerprint density at radius 1 is 1.38 bits per heavy atom. The van der Waals surface area contributed by atoms with Crippen molar-refractivity contribution >= 4 is 5.91 Å². The fourth-order valence-corrected chi connectivity index (χ4v) is 3.22. The number of rotatable bonds is 5. The molecule has 21 heavy (non-hydrogen) atoms. The molecule has 1 amide bonds. The summed E-state index contributed by atoms with van der Waals surface area (Å²) in [6.45, 7) is 5.08. The molecule has 2 atom stereocenters. The summed E-state index contributed by atoms with van der Waals surface area (Å²) in [5.74, 6) is 1.21. The predicted octanol–water partition coefficient (Wildman–Crippen LogP) is 2.42. The van der Waals surface area contributed by atoms with Gasteiger partial charge < -0.3 is 15.0 Å². The van der Waals surface area contributed by atoms with Crippen molar-refractivity contribution in [3.63, 3.8) is 0 Å². The number of nitrogens with zero attached hydrogens (tertiary/aromatic N) is 1. The molecule has 1 aromatic rings. The maximum atomic E-state index is 12.0. The molecule has 0 unspecified atom stereocenters. The number of hydrogen-bond donors (Lipinski definition) is 1. The lowest BCUT2D eigenvalue weighted by molar-refractivity contribution is -0.128. The molecule has 3 rings (SSSR count). The Bertz CT molecular complexity index is 540. The van der Waals surface area contributed by atoms with Gasteiger partial charge in [-0.2, -0.15) is 0 Å². The van der Waals surface area contributed by atoms with E-state index < -0.39 is 0 Å². The third-order valence-corrected chi connectivity index (χ3v) is 4.48. The van der Waals surface area contributed by atoms with E-state index in [1.807, 2.05) is 6.07 Å². The van der Waals surface area contributed by atoms with Crippen molar-refractivity contribution in [2.45, 2.75) is 51.2 Å². The fourth-order valence-electron chi connectivity index (χ4n) is 3.22. The molecule has 2 fully saturated rings. The molecule has 1 N–H and O–H groups in total. The van der Waals surface area contributed by atoms with Crippen molar-refractivity contribution in [1.82, 2.24) is 10.2 Å². The standard InChI is InChI=1S/C17H24N2O2/c1-11-4-7-16(21-3)15(8-11)12(2)18-13-9-17(20)19(10-13)14-5-6-14/h4,7-8,12-14,18H,5-6,9-10H2,1-3H3/t12-,13+/m0/s1. The number of ether oxygens (including phenoxy) is 1. The van der Waals surface area contributed by atoms with Crippen LogP contribution in [0.25, 0.3) is 0 Å². The first-order valence-electron chi connectivity index (χ1n) is 7.78. The van der Waals surface area contributed by atoms with Gasteiger partial charge >= 0.3 is 0 Å². The molecule has 0 bridgehead atoms. The zero-order chi connectivity index (χ0) is 15.0. The first kappa shape index (κ1) is 14.4. The highest BCUT2D eigenvalue weighted by molar-refractivity contribution is 5.80. The monoisotopic (exact) mass is 288 g/mol. The summed E-state index contributed by atoms with van der Waals surface area (Å²) in [5, 5.41) is 3.60. The Morgan fingerprint density at radius 2 is 2.14 bits per heavy atom. The molecular weight excluding hydrogens is 264 g/mol. The number of methoxy groups -OCH3 is 1. The van der Waals surface area contributed by atoms with Crippen LogP contribution in [0.3, 0.4) is 0 Å². The van der Waals surface area contributed by atoms with Crippen LogP contribution >= 0.6 is 0 Å². The number of benzene rings is 1. The van der Waals surface area contributed by atoms with Crippen molar-refractivity contribution in [3.8, 4) is 5.75 Å². The Labute approximate surface area is 126 Å². The molecule has 4 heteroatoms. The summed E-state index contributed by atoms with van der Waals surface area (Å²) in [6.07, 6.45) is 2.98. The van der Waals surface area contributed by atoms with Crippen molar-refractivity contribution in [2.75, 3.05) is 13.7 Å². The summed E-state index contributed by atoms with van der Waals surface area (Å²) in [7, 11) is 1.70. The highest BCUT2D eigenvalue weighted by atomic mass is 16.5. The van der Waals surface area contributed by atoms with Crippen LogP contribution in [0.5, 0.6) is 5.75 Å². The highest BCUT2D eigenvalue weighted by Gasteiger charge is 2.39. The zero-order valence-electron chi connectivity index (χ0n) is 13.1. The molecule has 1 saturated carbocycles. The van der Waals surface area contributed by atoms with Gasteiger partial charge in [0.1, 0.15) is 5.75 Å². The van der Waals surface area contributed by atoms with E-state index in [9.17, 15) is 4.79 Å². The highest BCUT2D eigenvalue weighted by Crippen LogP contribution is 2.32. The van der Waals surface area contributed by atoms with Crippen LogP contribution in [0.1, 0.15) is 43.4 Å². The lowest BCUT2D eigenvalue weighted by atomic mass is 10.0. The molecule has 4 nitrogen and oxygen atoms in total. The number of carbonyl (C=O) groups excluding carboxylic acids is 1. The zero-order valence-corrected chi connectivity index (χ0v) is 13.1. The summed E-state index contributed by atoms with van der Waals surface area (Å²) in [4.78, 5) is 14.1. The van der Waals surface area contributed by atoms with Crippen LogP contribution in [0.4, 0.5) is 0 Å².